The molecule has 0 fully saturated rings. The Hall–Kier alpha value is -2.60. The van der Waals surface area contributed by atoms with Crippen molar-refractivity contribution in [2.24, 2.45) is 11.3 Å². The zero-order valence-electron chi connectivity index (χ0n) is 25.1. The van der Waals surface area contributed by atoms with Crippen molar-refractivity contribution in [2.75, 3.05) is 12.4 Å². The van der Waals surface area contributed by atoms with Crippen LogP contribution in [0.15, 0.2) is 51.9 Å². The zero-order chi connectivity index (χ0) is 29.0. The van der Waals surface area contributed by atoms with E-state index in [2.05, 4.69) is 39.6 Å². The summed E-state index contributed by atoms with van der Waals surface area (Å²) in [5, 5.41) is 1.18. The van der Waals surface area contributed by atoms with Crippen LogP contribution in [-0.2, 0) is 11.2 Å². The van der Waals surface area contributed by atoms with Gasteiger partial charge in [0.25, 0.3) is 0 Å². The summed E-state index contributed by atoms with van der Waals surface area (Å²) in [5.41, 5.74) is 2.42. The van der Waals surface area contributed by atoms with Crippen molar-refractivity contribution in [3.05, 3.63) is 58.7 Å². The molecule has 2 aromatic heterocycles. The van der Waals surface area contributed by atoms with Gasteiger partial charge < -0.3 is 9.15 Å². The van der Waals surface area contributed by atoms with Crippen molar-refractivity contribution in [2.45, 2.75) is 98.8 Å². The molecular formula is C34H47NO4S. The summed E-state index contributed by atoms with van der Waals surface area (Å²) in [6, 6.07) is 9.51. The first kappa shape index (κ1) is 31.9. The highest BCUT2D eigenvalue weighted by molar-refractivity contribution is 8.13. The second-order valence-electron chi connectivity index (χ2n) is 11.9. The summed E-state index contributed by atoms with van der Waals surface area (Å²) < 4.78 is 11.7. The third kappa shape index (κ3) is 9.79. The van der Waals surface area contributed by atoms with Crippen LogP contribution in [0.4, 0.5) is 0 Å². The van der Waals surface area contributed by atoms with Gasteiger partial charge in [0.2, 0.25) is 0 Å². The first-order chi connectivity index (χ1) is 19.2. The molecule has 0 radical (unpaired) electrons. The van der Waals surface area contributed by atoms with Crippen LogP contribution in [0.5, 0.6) is 5.75 Å². The van der Waals surface area contributed by atoms with Gasteiger partial charge in [-0.05, 0) is 61.8 Å². The standard InChI is InChI=1S/C34H47NO4S/c1-6-7-13-27-23-35-24-28-22-30(32(36)39-31(27)28)26-14-16-29(17-15-26)38-20-11-9-8-10-12-21-40-33(37)34(4,5)19-18-25(2)3/h14-17,22-25H,6-13,18-21H2,1-5H3. The molecule has 0 saturated heterocycles. The van der Waals surface area contributed by atoms with Gasteiger partial charge in [0.1, 0.15) is 11.3 Å². The molecule has 0 atom stereocenters. The largest absolute Gasteiger partial charge is 0.494 e. The molecule has 40 heavy (non-hydrogen) atoms. The number of unbranched alkanes of at least 4 members (excludes halogenated alkanes) is 5. The molecule has 0 aliphatic carbocycles. The molecule has 0 aliphatic rings. The van der Waals surface area contributed by atoms with Crippen molar-refractivity contribution in [3.8, 4) is 16.9 Å². The Morgan fingerprint density at radius 2 is 1.75 bits per heavy atom. The maximum atomic E-state index is 12.8. The summed E-state index contributed by atoms with van der Waals surface area (Å²) in [7, 11) is 0. The number of thioether (sulfide) groups is 1. The minimum absolute atomic E-state index is 0.220. The van der Waals surface area contributed by atoms with Gasteiger partial charge in [0.05, 0.1) is 12.2 Å². The molecule has 3 rings (SSSR count). The van der Waals surface area contributed by atoms with Gasteiger partial charge in [-0.3, -0.25) is 9.78 Å². The zero-order valence-corrected chi connectivity index (χ0v) is 25.9. The number of carbonyl (C=O) groups excluding carboxylic acids is 1. The third-order valence-corrected chi connectivity index (χ3v) is 8.67. The summed E-state index contributed by atoms with van der Waals surface area (Å²) in [4.78, 5) is 29.6. The van der Waals surface area contributed by atoms with E-state index >= 15 is 0 Å². The number of aryl methyl sites for hydroxylation is 1. The predicted octanol–water partition coefficient (Wildman–Crippen LogP) is 9.25. The van der Waals surface area contributed by atoms with E-state index in [0.29, 0.717) is 28.8 Å². The Bertz CT molecular complexity index is 1260. The number of aromatic nitrogens is 1. The van der Waals surface area contributed by atoms with E-state index in [1.54, 1.807) is 12.4 Å². The Morgan fingerprint density at radius 1 is 1.02 bits per heavy atom. The second-order valence-corrected chi connectivity index (χ2v) is 12.9. The molecule has 1 aromatic carbocycles. The lowest BCUT2D eigenvalue weighted by molar-refractivity contribution is -0.118. The fourth-order valence-corrected chi connectivity index (χ4v) is 5.64. The van der Waals surface area contributed by atoms with Gasteiger partial charge in [-0.1, -0.05) is 90.6 Å². The van der Waals surface area contributed by atoms with Crippen molar-refractivity contribution >= 4 is 27.8 Å². The Kier molecular flexibility index (Phi) is 12.8. The Balaban J connectivity index is 1.37. The van der Waals surface area contributed by atoms with E-state index in [9.17, 15) is 9.59 Å². The molecule has 0 N–H and O–H groups in total. The smallest absolute Gasteiger partial charge is 0.344 e. The number of hydrogen-bond donors (Lipinski definition) is 0. The lowest BCUT2D eigenvalue weighted by Gasteiger charge is -2.23. The Labute approximate surface area is 244 Å². The lowest BCUT2D eigenvalue weighted by Crippen LogP contribution is -2.22. The third-order valence-electron chi connectivity index (χ3n) is 7.37. The fraction of sp³-hybridized carbons (Fsp3) is 0.559. The van der Waals surface area contributed by atoms with Gasteiger partial charge >= 0.3 is 5.63 Å². The van der Waals surface area contributed by atoms with Crippen LogP contribution in [0.3, 0.4) is 0 Å². The molecule has 218 valence electrons. The average Bonchev–Trinajstić information content (AvgIpc) is 2.94. The van der Waals surface area contributed by atoms with Crippen LogP contribution in [-0.4, -0.2) is 22.5 Å². The maximum Gasteiger partial charge on any atom is 0.344 e. The molecule has 0 aliphatic heterocycles. The van der Waals surface area contributed by atoms with Crippen LogP contribution in [0, 0.1) is 11.3 Å². The van der Waals surface area contributed by atoms with Crippen molar-refractivity contribution < 1.29 is 13.9 Å². The molecule has 0 saturated carbocycles. The number of nitrogens with zero attached hydrogens (tertiary/aromatic N) is 1. The van der Waals surface area contributed by atoms with Gasteiger partial charge in [0, 0.05) is 34.5 Å². The van der Waals surface area contributed by atoms with E-state index in [0.717, 1.165) is 92.2 Å². The highest BCUT2D eigenvalue weighted by atomic mass is 32.2. The normalized spacial score (nSPS) is 11.8. The van der Waals surface area contributed by atoms with E-state index in [-0.39, 0.29) is 11.0 Å². The highest BCUT2D eigenvalue weighted by Crippen LogP contribution is 2.31. The van der Waals surface area contributed by atoms with Crippen LogP contribution < -0.4 is 10.4 Å². The van der Waals surface area contributed by atoms with Gasteiger partial charge in [-0.25, -0.2) is 4.79 Å². The van der Waals surface area contributed by atoms with Crippen molar-refractivity contribution in [1.82, 2.24) is 4.98 Å². The molecule has 0 unspecified atom stereocenters. The minimum atomic E-state index is -0.331. The van der Waals surface area contributed by atoms with E-state index in [1.807, 2.05) is 30.3 Å². The number of ether oxygens (including phenoxy) is 1. The molecule has 5 nitrogen and oxygen atoms in total. The summed E-state index contributed by atoms with van der Waals surface area (Å²) in [6.45, 7) is 11.4. The number of hydrogen-bond acceptors (Lipinski definition) is 6. The highest BCUT2D eigenvalue weighted by Gasteiger charge is 2.27. The van der Waals surface area contributed by atoms with E-state index in [4.69, 9.17) is 9.15 Å². The van der Waals surface area contributed by atoms with Crippen molar-refractivity contribution in [3.63, 3.8) is 0 Å². The summed E-state index contributed by atoms with van der Waals surface area (Å²) in [5.74, 6) is 2.35. The minimum Gasteiger partial charge on any atom is -0.494 e. The van der Waals surface area contributed by atoms with Crippen LogP contribution >= 0.6 is 11.8 Å². The molecule has 0 amide bonds. The van der Waals surface area contributed by atoms with Crippen molar-refractivity contribution in [1.29, 1.82) is 0 Å². The first-order valence-corrected chi connectivity index (χ1v) is 16.0. The van der Waals surface area contributed by atoms with Gasteiger partial charge in [-0.2, -0.15) is 0 Å². The monoisotopic (exact) mass is 565 g/mol. The van der Waals surface area contributed by atoms with Crippen LogP contribution in [0.25, 0.3) is 22.1 Å². The molecule has 0 bridgehead atoms. The SMILES string of the molecule is CCCCc1cncc2cc(-c3ccc(OCCCCCCCSC(=O)C(C)(C)CCC(C)C)cc3)c(=O)oc12. The number of benzene rings is 1. The van der Waals surface area contributed by atoms with E-state index in [1.165, 1.54) is 11.8 Å². The molecule has 2 heterocycles. The summed E-state index contributed by atoms with van der Waals surface area (Å²) in [6.07, 6.45) is 14.1. The predicted molar refractivity (Wildman–Crippen MR) is 168 cm³/mol. The summed E-state index contributed by atoms with van der Waals surface area (Å²) >= 11 is 1.51. The number of pyridine rings is 1. The van der Waals surface area contributed by atoms with Gasteiger partial charge in [-0.15, -0.1) is 0 Å². The number of fused-ring (bicyclic) bond motifs is 1. The number of carbonyl (C=O) groups is 1. The van der Waals surface area contributed by atoms with Crippen LogP contribution in [0.2, 0.25) is 0 Å². The molecular weight excluding hydrogens is 518 g/mol. The number of rotatable bonds is 17. The maximum absolute atomic E-state index is 12.8. The lowest BCUT2D eigenvalue weighted by atomic mass is 9.87. The van der Waals surface area contributed by atoms with Crippen LogP contribution in [0.1, 0.15) is 98.0 Å². The van der Waals surface area contributed by atoms with E-state index < -0.39 is 0 Å². The Morgan fingerprint density at radius 3 is 2.48 bits per heavy atom. The topological polar surface area (TPSA) is 69.4 Å². The van der Waals surface area contributed by atoms with Gasteiger partial charge in [0.15, 0.2) is 5.12 Å². The first-order valence-electron chi connectivity index (χ1n) is 15.0. The fourth-order valence-electron chi connectivity index (χ4n) is 4.61. The average molecular weight is 566 g/mol. The molecule has 6 heteroatoms. The molecule has 3 aromatic rings. The second kappa shape index (κ2) is 16.0. The quantitative estimate of drug-likeness (QED) is 0.152. The molecule has 0 spiro atoms.